The molecule has 0 spiro atoms. The molecule has 3 atom stereocenters. The molecule has 3 fully saturated rings. The van der Waals surface area contributed by atoms with E-state index in [0.717, 1.165) is 62.3 Å². The standard InChI is InChI=1S/C21H29N3O2/c1-14-6-15(2)8-17(7-14)21(26)23-5-3-4-16(11-23)20(25)24-12-18-9-22-10-19(18)13-24/h6-8,16,18-19,22H,3-5,9-13H2,1-2H3/t16?,18-,19+. The number of piperidine rings is 1. The number of nitrogens with one attached hydrogen (secondary N) is 1. The highest BCUT2D eigenvalue weighted by Gasteiger charge is 2.40. The highest BCUT2D eigenvalue weighted by atomic mass is 16.2. The van der Waals surface area contributed by atoms with E-state index in [0.29, 0.717) is 18.4 Å². The number of fused-ring (bicyclic) bond motifs is 1. The molecule has 3 aliphatic heterocycles. The summed E-state index contributed by atoms with van der Waals surface area (Å²) in [6.07, 6.45) is 1.81. The van der Waals surface area contributed by atoms with Crippen molar-refractivity contribution in [1.82, 2.24) is 15.1 Å². The van der Waals surface area contributed by atoms with Crippen LogP contribution in [0.4, 0.5) is 0 Å². The summed E-state index contributed by atoms with van der Waals surface area (Å²) >= 11 is 0. The lowest BCUT2D eigenvalue weighted by Gasteiger charge is -2.34. The number of hydrogen-bond acceptors (Lipinski definition) is 3. The van der Waals surface area contributed by atoms with E-state index in [1.807, 2.05) is 30.9 Å². The SMILES string of the molecule is Cc1cc(C)cc(C(=O)N2CCCC(C(=O)N3C[C@H]4CNC[C@H]4C3)C2)c1. The Labute approximate surface area is 155 Å². The summed E-state index contributed by atoms with van der Waals surface area (Å²) in [5, 5.41) is 3.42. The molecule has 1 unspecified atom stereocenters. The lowest BCUT2D eigenvalue weighted by atomic mass is 9.95. The number of likely N-dealkylation sites (tertiary alicyclic amines) is 2. The lowest BCUT2D eigenvalue weighted by molar-refractivity contribution is -0.136. The van der Waals surface area contributed by atoms with Crippen LogP contribution in [-0.4, -0.2) is 60.9 Å². The number of carbonyl (C=O) groups is 2. The van der Waals surface area contributed by atoms with Gasteiger partial charge in [-0.25, -0.2) is 0 Å². The van der Waals surface area contributed by atoms with Crippen molar-refractivity contribution in [2.45, 2.75) is 26.7 Å². The second-order valence-corrected chi connectivity index (χ2v) is 8.39. The molecule has 1 aromatic carbocycles. The van der Waals surface area contributed by atoms with Crippen molar-refractivity contribution in [3.05, 3.63) is 34.9 Å². The Kier molecular flexibility index (Phi) is 4.74. The number of nitrogens with zero attached hydrogens (tertiary/aromatic N) is 2. The van der Waals surface area contributed by atoms with E-state index >= 15 is 0 Å². The number of benzene rings is 1. The van der Waals surface area contributed by atoms with Crippen molar-refractivity contribution in [2.24, 2.45) is 17.8 Å². The van der Waals surface area contributed by atoms with Gasteiger partial charge in [-0.3, -0.25) is 9.59 Å². The number of carbonyl (C=O) groups excluding carboxylic acids is 2. The van der Waals surface area contributed by atoms with Crippen LogP contribution in [0.15, 0.2) is 18.2 Å². The van der Waals surface area contributed by atoms with Crippen LogP contribution in [0.1, 0.15) is 34.3 Å². The van der Waals surface area contributed by atoms with Crippen molar-refractivity contribution < 1.29 is 9.59 Å². The maximum Gasteiger partial charge on any atom is 0.253 e. The Bertz CT molecular complexity index is 685. The Morgan fingerprint density at radius 2 is 1.62 bits per heavy atom. The molecule has 3 saturated heterocycles. The van der Waals surface area contributed by atoms with Gasteiger partial charge in [0.1, 0.15) is 0 Å². The smallest absolute Gasteiger partial charge is 0.253 e. The largest absolute Gasteiger partial charge is 0.342 e. The van der Waals surface area contributed by atoms with Gasteiger partial charge in [0, 0.05) is 44.8 Å². The molecule has 2 amide bonds. The van der Waals surface area contributed by atoms with Crippen LogP contribution in [-0.2, 0) is 4.79 Å². The summed E-state index contributed by atoms with van der Waals surface area (Å²) in [5.41, 5.74) is 2.96. The molecular weight excluding hydrogens is 326 g/mol. The number of rotatable bonds is 2. The molecule has 0 aliphatic carbocycles. The molecule has 3 heterocycles. The molecule has 1 aromatic rings. The van der Waals surface area contributed by atoms with Crippen molar-refractivity contribution in [3.8, 4) is 0 Å². The predicted octanol–water partition coefficient (Wildman–Crippen LogP) is 1.83. The van der Waals surface area contributed by atoms with E-state index < -0.39 is 0 Å². The van der Waals surface area contributed by atoms with E-state index in [9.17, 15) is 9.59 Å². The minimum absolute atomic E-state index is 0.0367. The molecule has 0 bridgehead atoms. The van der Waals surface area contributed by atoms with E-state index in [2.05, 4.69) is 16.3 Å². The lowest BCUT2D eigenvalue weighted by Crippen LogP contribution is -2.46. The van der Waals surface area contributed by atoms with Gasteiger partial charge in [0.2, 0.25) is 5.91 Å². The van der Waals surface area contributed by atoms with Gasteiger partial charge in [0.25, 0.3) is 5.91 Å². The van der Waals surface area contributed by atoms with Crippen molar-refractivity contribution in [1.29, 1.82) is 0 Å². The van der Waals surface area contributed by atoms with Crippen LogP contribution in [0.3, 0.4) is 0 Å². The summed E-state index contributed by atoms with van der Waals surface area (Å²) in [6, 6.07) is 5.99. The minimum atomic E-state index is -0.0367. The van der Waals surface area contributed by atoms with Crippen molar-refractivity contribution in [2.75, 3.05) is 39.3 Å². The monoisotopic (exact) mass is 355 g/mol. The van der Waals surface area contributed by atoms with Crippen LogP contribution < -0.4 is 5.32 Å². The van der Waals surface area contributed by atoms with Crippen LogP contribution in [0.5, 0.6) is 0 Å². The summed E-state index contributed by atoms with van der Waals surface area (Å²) < 4.78 is 0. The molecule has 3 aliphatic rings. The quantitative estimate of drug-likeness (QED) is 0.881. The van der Waals surface area contributed by atoms with Crippen molar-refractivity contribution >= 4 is 11.8 Å². The van der Waals surface area contributed by atoms with E-state index in [-0.39, 0.29) is 17.7 Å². The molecule has 0 saturated carbocycles. The van der Waals surface area contributed by atoms with Crippen LogP contribution in [0.2, 0.25) is 0 Å². The van der Waals surface area contributed by atoms with Gasteiger partial charge in [0.05, 0.1) is 5.92 Å². The van der Waals surface area contributed by atoms with E-state index in [4.69, 9.17) is 0 Å². The third-order valence-corrected chi connectivity index (χ3v) is 6.23. The maximum absolute atomic E-state index is 13.0. The van der Waals surface area contributed by atoms with Gasteiger partial charge < -0.3 is 15.1 Å². The summed E-state index contributed by atoms with van der Waals surface area (Å²) in [5.74, 6) is 1.53. The fraction of sp³-hybridized carbons (Fsp3) is 0.619. The highest BCUT2D eigenvalue weighted by molar-refractivity contribution is 5.95. The average Bonchev–Trinajstić information content (AvgIpc) is 3.21. The first-order valence-electron chi connectivity index (χ1n) is 9.88. The van der Waals surface area contributed by atoms with Gasteiger partial charge in [-0.1, -0.05) is 17.2 Å². The summed E-state index contributed by atoms with van der Waals surface area (Å²) in [7, 11) is 0. The first-order chi connectivity index (χ1) is 12.5. The molecule has 140 valence electrons. The fourth-order valence-electron chi connectivity index (χ4n) is 4.94. The third kappa shape index (κ3) is 3.37. The molecule has 0 radical (unpaired) electrons. The molecule has 5 heteroatoms. The van der Waals surface area contributed by atoms with Crippen LogP contribution in [0.25, 0.3) is 0 Å². The first kappa shape index (κ1) is 17.5. The van der Waals surface area contributed by atoms with Gasteiger partial charge >= 0.3 is 0 Å². The van der Waals surface area contributed by atoms with Gasteiger partial charge in [0.15, 0.2) is 0 Å². The first-order valence-corrected chi connectivity index (χ1v) is 9.88. The third-order valence-electron chi connectivity index (χ3n) is 6.23. The second kappa shape index (κ2) is 7.03. The zero-order valence-electron chi connectivity index (χ0n) is 15.8. The fourth-order valence-corrected chi connectivity index (χ4v) is 4.94. The van der Waals surface area contributed by atoms with E-state index in [1.165, 1.54) is 0 Å². The number of hydrogen-bond donors (Lipinski definition) is 1. The summed E-state index contributed by atoms with van der Waals surface area (Å²) in [6.45, 7) is 9.21. The van der Waals surface area contributed by atoms with Gasteiger partial charge in [-0.05, 0) is 50.7 Å². The molecule has 4 rings (SSSR count). The highest BCUT2D eigenvalue weighted by Crippen LogP contribution is 2.29. The van der Waals surface area contributed by atoms with Crippen LogP contribution >= 0.6 is 0 Å². The zero-order chi connectivity index (χ0) is 18.3. The summed E-state index contributed by atoms with van der Waals surface area (Å²) in [4.78, 5) is 29.9. The normalized spacial score (nSPS) is 28.3. The Morgan fingerprint density at radius 1 is 0.962 bits per heavy atom. The number of aryl methyl sites for hydroxylation is 2. The van der Waals surface area contributed by atoms with Crippen LogP contribution in [0, 0.1) is 31.6 Å². The molecule has 5 nitrogen and oxygen atoms in total. The zero-order valence-corrected chi connectivity index (χ0v) is 15.8. The van der Waals surface area contributed by atoms with E-state index in [1.54, 1.807) is 0 Å². The second-order valence-electron chi connectivity index (χ2n) is 8.39. The Morgan fingerprint density at radius 3 is 2.27 bits per heavy atom. The number of amides is 2. The Balaban J connectivity index is 1.42. The van der Waals surface area contributed by atoms with Gasteiger partial charge in [-0.15, -0.1) is 0 Å². The predicted molar refractivity (Wildman–Crippen MR) is 101 cm³/mol. The van der Waals surface area contributed by atoms with Crippen molar-refractivity contribution in [3.63, 3.8) is 0 Å². The molecule has 26 heavy (non-hydrogen) atoms. The Hall–Kier alpha value is -1.88. The van der Waals surface area contributed by atoms with Gasteiger partial charge in [-0.2, -0.15) is 0 Å². The molecular formula is C21H29N3O2. The molecule has 1 N–H and O–H groups in total. The maximum atomic E-state index is 13.0. The average molecular weight is 355 g/mol. The topological polar surface area (TPSA) is 52.7 Å². The minimum Gasteiger partial charge on any atom is -0.342 e. The molecule has 0 aromatic heterocycles.